The molecule has 1 unspecified atom stereocenters. The lowest BCUT2D eigenvalue weighted by Crippen LogP contribution is -2.46. The van der Waals surface area contributed by atoms with Gasteiger partial charge in [0.05, 0.1) is 16.9 Å². The van der Waals surface area contributed by atoms with E-state index in [1.165, 1.54) is 11.1 Å². The van der Waals surface area contributed by atoms with Gasteiger partial charge in [-0.25, -0.2) is 9.97 Å². The molecular weight excluding hydrogens is 458 g/mol. The second-order valence-electron chi connectivity index (χ2n) is 9.92. The molecule has 2 saturated heterocycles. The summed E-state index contributed by atoms with van der Waals surface area (Å²) in [7, 11) is 0. The fourth-order valence-corrected chi connectivity index (χ4v) is 5.56. The first-order chi connectivity index (χ1) is 17.1. The summed E-state index contributed by atoms with van der Waals surface area (Å²) in [6.07, 6.45) is 10.8. The fourth-order valence-electron chi connectivity index (χ4n) is 5.36. The summed E-state index contributed by atoms with van der Waals surface area (Å²) < 4.78 is 0. The van der Waals surface area contributed by atoms with Gasteiger partial charge >= 0.3 is 0 Å². The van der Waals surface area contributed by atoms with Crippen molar-refractivity contribution in [2.24, 2.45) is 11.8 Å². The number of carbonyl (C=O) groups excluding carboxylic acids is 1. The zero-order chi connectivity index (χ0) is 24.2. The quantitative estimate of drug-likeness (QED) is 0.613. The number of carbonyl (C=O) groups is 1. The molecule has 2 aliphatic heterocycles. The van der Waals surface area contributed by atoms with Gasteiger partial charge in [-0.05, 0) is 73.9 Å². The van der Waals surface area contributed by atoms with Crippen LogP contribution in [0.3, 0.4) is 0 Å². The molecule has 2 fully saturated rings. The number of halogens is 1. The SMILES string of the molecule is CC1CC=C(c2nc(NC3CCN(C(=O)C4CCNCC4)CC3)ncc2Cl)C=C1c1ccccc1. The normalized spacial score (nSPS) is 21.9. The molecule has 5 rings (SSSR count). The Morgan fingerprint density at radius 1 is 1.11 bits per heavy atom. The number of hydrogen-bond donors (Lipinski definition) is 2. The lowest BCUT2D eigenvalue weighted by Gasteiger charge is -2.35. The van der Waals surface area contributed by atoms with Crippen molar-refractivity contribution in [1.29, 1.82) is 0 Å². The first kappa shape index (κ1) is 24.0. The summed E-state index contributed by atoms with van der Waals surface area (Å²) >= 11 is 6.56. The molecule has 7 heteroatoms. The molecule has 1 aliphatic carbocycles. The third kappa shape index (κ3) is 5.60. The van der Waals surface area contributed by atoms with E-state index in [4.69, 9.17) is 16.6 Å². The van der Waals surface area contributed by atoms with Crippen LogP contribution in [-0.4, -0.2) is 53.0 Å². The van der Waals surface area contributed by atoms with Crippen LogP contribution in [0.25, 0.3) is 11.1 Å². The predicted molar refractivity (Wildman–Crippen MR) is 142 cm³/mol. The van der Waals surface area contributed by atoms with E-state index in [1.807, 2.05) is 11.0 Å². The summed E-state index contributed by atoms with van der Waals surface area (Å²) in [5.74, 6) is 1.55. The number of hydrogen-bond acceptors (Lipinski definition) is 5. The average molecular weight is 492 g/mol. The molecule has 0 radical (unpaired) electrons. The molecule has 0 bridgehead atoms. The zero-order valence-corrected chi connectivity index (χ0v) is 21.1. The van der Waals surface area contributed by atoms with Crippen LogP contribution in [0.4, 0.5) is 5.95 Å². The van der Waals surface area contributed by atoms with Crippen molar-refractivity contribution in [3.63, 3.8) is 0 Å². The van der Waals surface area contributed by atoms with Crippen LogP contribution in [0.2, 0.25) is 5.02 Å². The molecule has 1 amide bonds. The highest BCUT2D eigenvalue weighted by atomic mass is 35.5. The van der Waals surface area contributed by atoms with Gasteiger partial charge in [-0.2, -0.15) is 0 Å². The van der Waals surface area contributed by atoms with Gasteiger partial charge in [-0.15, -0.1) is 0 Å². The minimum atomic E-state index is 0.184. The van der Waals surface area contributed by atoms with E-state index in [1.54, 1.807) is 6.20 Å². The molecule has 1 aromatic carbocycles. The van der Waals surface area contributed by atoms with Gasteiger partial charge in [0.1, 0.15) is 0 Å². The van der Waals surface area contributed by atoms with Crippen molar-refractivity contribution in [3.05, 3.63) is 65.0 Å². The Hall–Kier alpha value is -2.70. The molecule has 0 spiro atoms. The van der Waals surface area contributed by atoms with Crippen LogP contribution in [0.5, 0.6) is 0 Å². The number of nitrogens with zero attached hydrogens (tertiary/aromatic N) is 3. The van der Waals surface area contributed by atoms with Crippen molar-refractivity contribution in [2.45, 2.75) is 45.1 Å². The molecule has 3 aliphatic rings. The van der Waals surface area contributed by atoms with Gasteiger partial charge in [0.25, 0.3) is 0 Å². The lowest BCUT2D eigenvalue weighted by atomic mass is 9.85. The highest BCUT2D eigenvalue weighted by molar-refractivity contribution is 6.32. The molecule has 1 aromatic heterocycles. The van der Waals surface area contributed by atoms with Gasteiger partial charge in [-0.3, -0.25) is 4.79 Å². The molecule has 0 saturated carbocycles. The molecule has 184 valence electrons. The van der Waals surface area contributed by atoms with Crippen molar-refractivity contribution >= 4 is 34.6 Å². The molecule has 6 nitrogen and oxygen atoms in total. The van der Waals surface area contributed by atoms with Gasteiger partial charge in [-0.1, -0.05) is 54.9 Å². The largest absolute Gasteiger partial charge is 0.351 e. The molecule has 2 N–H and O–H groups in total. The summed E-state index contributed by atoms with van der Waals surface area (Å²) in [6.45, 7) is 5.72. The topological polar surface area (TPSA) is 70.2 Å². The molecule has 2 aromatic rings. The third-order valence-electron chi connectivity index (χ3n) is 7.49. The summed E-state index contributed by atoms with van der Waals surface area (Å²) in [4.78, 5) is 24.2. The van der Waals surface area contributed by atoms with E-state index in [0.29, 0.717) is 22.8 Å². The highest BCUT2D eigenvalue weighted by Crippen LogP contribution is 2.36. The lowest BCUT2D eigenvalue weighted by molar-refractivity contribution is -0.137. The first-order valence-corrected chi connectivity index (χ1v) is 13.2. The first-order valence-electron chi connectivity index (χ1n) is 12.8. The van der Waals surface area contributed by atoms with E-state index < -0.39 is 0 Å². The predicted octanol–water partition coefficient (Wildman–Crippen LogP) is 5.04. The summed E-state index contributed by atoms with van der Waals surface area (Å²) in [5.41, 5.74) is 4.35. The number of benzene rings is 1. The van der Waals surface area contributed by atoms with Gasteiger partial charge in [0.15, 0.2) is 0 Å². The number of anilines is 1. The Labute approximate surface area is 212 Å². The van der Waals surface area contributed by atoms with E-state index in [0.717, 1.165) is 69.6 Å². The smallest absolute Gasteiger partial charge is 0.225 e. The average Bonchev–Trinajstić information content (AvgIpc) is 2.91. The second-order valence-corrected chi connectivity index (χ2v) is 10.3. The number of allylic oxidation sites excluding steroid dienone is 4. The number of rotatable bonds is 5. The number of amides is 1. The maximum atomic E-state index is 12.9. The summed E-state index contributed by atoms with van der Waals surface area (Å²) in [6, 6.07) is 10.8. The number of aromatic nitrogens is 2. The number of nitrogens with one attached hydrogen (secondary N) is 2. The Morgan fingerprint density at radius 2 is 1.86 bits per heavy atom. The molecular formula is C28H34ClN5O. The number of piperidine rings is 2. The summed E-state index contributed by atoms with van der Waals surface area (Å²) in [5, 5.41) is 7.40. The Kier molecular flexibility index (Phi) is 7.49. The second kappa shape index (κ2) is 10.9. The van der Waals surface area contributed by atoms with Crippen molar-refractivity contribution in [1.82, 2.24) is 20.2 Å². The minimum absolute atomic E-state index is 0.184. The standard InChI is InChI=1S/C28H34ClN5O/c1-19-7-8-22(17-24(19)20-5-3-2-4-6-20)26-25(29)18-31-28(33-26)32-23-11-15-34(16-12-23)27(35)21-9-13-30-14-10-21/h2-6,8,17-19,21,23,30H,7,9-16H2,1H3,(H,31,32,33). The van der Waals surface area contributed by atoms with Crippen LogP contribution in [0.1, 0.15) is 50.3 Å². The van der Waals surface area contributed by atoms with E-state index in [9.17, 15) is 4.79 Å². The zero-order valence-electron chi connectivity index (χ0n) is 20.3. The van der Waals surface area contributed by atoms with E-state index in [-0.39, 0.29) is 12.0 Å². The Balaban J connectivity index is 1.25. The van der Waals surface area contributed by atoms with Gasteiger partial charge < -0.3 is 15.5 Å². The van der Waals surface area contributed by atoms with Gasteiger partial charge in [0, 0.05) is 25.0 Å². The highest BCUT2D eigenvalue weighted by Gasteiger charge is 2.29. The fraction of sp³-hybridized carbons (Fsp3) is 0.464. The van der Waals surface area contributed by atoms with Crippen LogP contribution < -0.4 is 10.6 Å². The molecule has 1 atom stereocenters. The Bertz CT molecular complexity index is 1100. The van der Waals surface area contributed by atoms with Crippen LogP contribution >= 0.6 is 11.6 Å². The van der Waals surface area contributed by atoms with E-state index in [2.05, 4.69) is 59.0 Å². The third-order valence-corrected chi connectivity index (χ3v) is 7.76. The van der Waals surface area contributed by atoms with Crippen LogP contribution in [0.15, 0.2) is 48.7 Å². The minimum Gasteiger partial charge on any atom is -0.351 e. The van der Waals surface area contributed by atoms with Crippen molar-refractivity contribution < 1.29 is 4.79 Å². The maximum Gasteiger partial charge on any atom is 0.225 e. The molecule has 3 heterocycles. The van der Waals surface area contributed by atoms with Crippen LogP contribution in [0, 0.1) is 11.8 Å². The van der Waals surface area contributed by atoms with Crippen molar-refractivity contribution in [3.8, 4) is 0 Å². The number of likely N-dealkylation sites (tertiary alicyclic amines) is 1. The van der Waals surface area contributed by atoms with Crippen molar-refractivity contribution in [2.75, 3.05) is 31.5 Å². The Morgan fingerprint density at radius 3 is 2.60 bits per heavy atom. The van der Waals surface area contributed by atoms with Gasteiger partial charge in [0.2, 0.25) is 11.9 Å². The maximum absolute atomic E-state index is 12.9. The monoisotopic (exact) mass is 491 g/mol. The van der Waals surface area contributed by atoms with E-state index >= 15 is 0 Å². The molecule has 35 heavy (non-hydrogen) atoms. The van der Waals surface area contributed by atoms with Crippen LogP contribution in [-0.2, 0) is 4.79 Å².